The van der Waals surface area contributed by atoms with Crippen molar-refractivity contribution in [3.8, 4) is 91.5 Å². The van der Waals surface area contributed by atoms with Crippen LogP contribution in [-0.4, -0.2) is 207 Å². The Morgan fingerprint density at radius 2 is 0.590 bits per heavy atom. The van der Waals surface area contributed by atoms with E-state index in [-0.39, 0.29) is 115 Å². The van der Waals surface area contributed by atoms with Crippen molar-refractivity contribution in [3.05, 3.63) is 192 Å². The van der Waals surface area contributed by atoms with E-state index >= 15 is 0 Å². The van der Waals surface area contributed by atoms with Gasteiger partial charge in [0.2, 0.25) is 0 Å². The zero-order valence-electron chi connectivity index (χ0n) is 57.1. The van der Waals surface area contributed by atoms with Crippen LogP contribution in [0.2, 0.25) is 43.7 Å². The summed E-state index contributed by atoms with van der Waals surface area (Å²) in [5, 5.41) is 0.458. The van der Waals surface area contributed by atoms with Crippen LogP contribution in [0.5, 0.6) is 46.0 Å². The van der Waals surface area contributed by atoms with Gasteiger partial charge in [0.1, 0.15) is 46.0 Å². The Balaban J connectivity index is 0.00000847. The summed E-state index contributed by atoms with van der Waals surface area (Å²) in [5.41, 5.74) is 7.14. The number of fused-ring (bicyclic) bond motifs is 20. The van der Waals surface area contributed by atoms with E-state index in [1.54, 1.807) is 57.4 Å². The third-order valence-corrected chi connectivity index (χ3v) is 22.4. The van der Waals surface area contributed by atoms with Crippen LogP contribution < -0.4 is 28.9 Å². The fraction of sp³-hybridized carbons (Fsp3) is 0.176. The van der Waals surface area contributed by atoms with Gasteiger partial charge in [0.05, 0.1) is 89.5 Å². The van der Waals surface area contributed by atoms with Crippen LogP contribution in [-0.2, 0) is 45.2 Å². The molecule has 0 saturated carbocycles. The molecule has 11 aromatic rings. The van der Waals surface area contributed by atoms with Crippen molar-refractivity contribution in [1.29, 1.82) is 0 Å². The summed E-state index contributed by atoms with van der Waals surface area (Å²) in [6.45, 7) is -0.752. The maximum absolute atomic E-state index is 6.90. The van der Waals surface area contributed by atoms with Gasteiger partial charge in [0, 0.05) is 166 Å². The Hall–Kier alpha value is -7.50. The molecule has 8 bridgehead atoms. The quantitative estimate of drug-likeness (QED) is 0.0605. The second kappa shape index (κ2) is 28.3. The first-order chi connectivity index (χ1) is 50.6. The standard InChI is InChI=1S/C68H40B24N8O4.Zn/c69-81-61-65(85-73,89(61)77)29-33-13-21-37(22-14-33)101-45-9-1-5-41-49(45)57-94-53(41)93-54-42-6-2-11-47(103-39-25-17-35(18-26-39)31-67(87-75)63(83-71)91(67)79)51(42)59(95-54)100-60-52-44(8-4-12-48(52)104-40-27-19-36(20-28-40)32-68(88-76)64(84-72)92(68)80)56(99-60)98-58-50-43(55(96-57)97-58)7-3-10-46(50)102-38-23-15-34(16-24-38)30-66(86-74)62(82-70)90(66)78;/h1-28,61-64H,29-32H2;/q-2;+2/i81+0,82+0,83+0,84+0,85+0,86+0,87+0,88+0,89+0,90+0,91+0,92+0;. The van der Waals surface area contributed by atoms with Gasteiger partial charge in [-0.1, -0.05) is 97.1 Å². The van der Waals surface area contributed by atoms with E-state index in [0.29, 0.717) is 115 Å². The molecule has 9 heterocycles. The Bertz CT molecular complexity index is 5380. The first-order valence-corrected chi connectivity index (χ1v) is 34.4. The van der Waals surface area contributed by atoms with Gasteiger partial charge in [-0.05, 0) is 132 Å². The van der Waals surface area contributed by atoms with Crippen LogP contribution in [0.3, 0.4) is 0 Å². The summed E-state index contributed by atoms with van der Waals surface area (Å²) in [4.78, 5) is 42.8. The van der Waals surface area contributed by atoms with Crippen molar-refractivity contribution in [2.24, 2.45) is 0 Å². The molecule has 8 aromatic carbocycles. The monoisotopic (exact) mass is 1360 g/mol. The zero-order chi connectivity index (χ0) is 71.6. The van der Waals surface area contributed by atoms with E-state index in [0.717, 1.165) is 22.3 Å². The predicted molar refractivity (Wildman–Crippen MR) is 439 cm³/mol. The van der Waals surface area contributed by atoms with Crippen LogP contribution in [0.15, 0.2) is 170 Å². The molecule has 32 radical (unpaired) electrons. The van der Waals surface area contributed by atoms with Crippen LogP contribution in [0.4, 0.5) is 0 Å². The average Bonchev–Trinajstić information content (AvgIpc) is 1.58. The predicted octanol–water partition coefficient (Wildman–Crippen LogP) is 6.56. The minimum Gasteiger partial charge on any atom is -0.457 e. The molecule has 3 aromatic heterocycles. The van der Waals surface area contributed by atoms with Crippen LogP contribution in [0.1, 0.15) is 22.3 Å². The summed E-state index contributed by atoms with van der Waals surface area (Å²) in [6, 6.07) is 53.9. The molecule has 0 amide bonds. The van der Waals surface area contributed by atoms with Crippen LogP contribution >= 0.6 is 0 Å². The van der Waals surface area contributed by atoms with Gasteiger partial charge >= 0.3 is 19.5 Å². The molecule has 0 N–H and O–H groups in total. The van der Waals surface area contributed by atoms with E-state index in [1.807, 2.05) is 170 Å². The van der Waals surface area contributed by atoms with Crippen LogP contribution in [0.25, 0.3) is 89.7 Å². The minimum atomic E-state index is -0.452. The summed E-state index contributed by atoms with van der Waals surface area (Å²) in [5.74, 6) is 4.92. The Kier molecular flexibility index (Phi) is 19.3. The van der Waals surface area contributed by atoms with Gasteiger partial charge in [-0.25, -0.2) is 9.97 Å². The molecule has 0 aliphatic carbocycles. The molecule has 8 unspecified atom stereocenters. The van der Waals surface area contributed by atoms with Crippen molar-refractivity contribution in [2.75, 3.05) is 0 Å². The Labute approximate surface area is 647 Å². The summed E-state index contributed by atoms with van der Waals surface area (Å²) < 4.78 is 27.6. The van der Waals surface area contributed by atoms with Gasteiger partial charge < -0.3 is 48.9 Å². The maximum Gasteiger partial charge on any atom is 2.00 e. The smallest absolute Gasteiger partial charge is 0.457 e. The first-order valence-electron chi connectivity index (χ1n) is 34.4. The molecule has 6 aliphatic rings. The van der Waals surface area contributed by atoms with Gasteiger partial charge in [-0.2, -0.15) is 0 Å². The molecular weight excluding hydrogens is 1320 g/mol. The second-order valence-corrected chi connectivity index (χ2v) is 28.0. The van der Waals surface area contributed by atoms with E-state index in [1.165, 1.54) is 0 Å². The molecule has 37 heteroatoms. The molecule has 450 valence electrons. The fourth-order valence-electron chi connectivity index (χ4n) is 16.0. The van der Waals surface area contributed by atoms with Gasteiger partial charge in [-0.15, -0.1) is 43.7 Å². The minimum absolute atomic E-state index is 0. The number of hydrogen-bond acceptors (Lipinski definition) is 10. The topological polar surface area (TPSA) is 142 Å². The van der Waals surface area contributed by atoms with Crippen molar-refractivity contribution >= 4 is 221 Å². The van der Waals surface area contributed by atoms with Crippen molar-refractivity contribution in [3.63, 3.8) is 0 Å². The number of hydrogen-bond donors (Lipinski definition) is 0. The molecule has 8 atom stereocenters. The van der Waals surface area contributed by atoms with Gasteiger partial charge in [-0.3, -0.25) is 0 Å². The average molecular weight is 1360 g/mol. The van der Waals surface area contributed by atoms with E-state index in [4.69, 9.17) is 152 Å². The molecule has 12 nitrogen and oxygen atoms in total. The summed E-state index contributed by atoms with van der Waals surface area (Å²) in [6.07, 6.45) is 2.37. The first kappa shape index (κ1) is 71.7. The summed E-state index contributed by atoms with van der Waals surface area (Å²) in [7, 11) is 87.9. The Morgan fingerprint density at radius 1 is 0.324 bits per heavy atom. The fourth-order valence-corrected chi connectivity index (χ4v) is 16.0. The van der Waals surface area contributed by atoms with Crippen molar-refractivity contribution in [1.82, 2.24) is 39.9 Å². The third kappa shape index (κ3) is 12.3. The van der Waals surface area contributed by atoms with Crippen molar-refractivity contribution in [2.45, 2.75) is 69.4 Å². The number of nitrogens with zero attached hydrogens (tertiary/aromatic N) is 8. The molecule has 105 heavy (non-hydrogen) atoms. The molecule has 0 spiro atoms. The van der Waals surface area contributed by atoms with E-state index < -0.39 is 20.9 Å². The number of ether oxygens (including phenoxy) is 4. The number of aromatic nitrogens is 8. The maximum atomic E-state index is 6.90. The molecule has 4 fully saturated rings. The zero-order valence-corrected chi connectivity index (χ0v) is 60.0. The SMILES string of the molecule is [B][11B]C1[11B]([B])C1([11B][B])Cc1ccc(Oc2cccc3c2-c2nc-3nc3[n-]c(nc4nc(nc5[n-]c(n2)c2cccc(Oc6ccc(CC7([11B][B])[11B]([B])C7[11B][B])cc6)c52)-c2c(Oc5ccc(CC6([11B][B])[11B]([B])C6[11B][B])cc5)cccc2-4)c2cccc(Oc4ccc(CC5([11B][B])[11B]([B])C5[11B][B])cc4)c32)cc1.[Zn+2]. The van der Waals surface area contributed by atoms with E-state index in [9.17, 15) is 0 Å². The number of rotatable bonds is 24. The van der Waals surface area contributed by atoms with Crippen molar-refractivity contribution < 1.29 is 38.4 Å². The third-order valence-electron chi connectivity index (χ3n) is 22.4. The largest absolute Gasteiger partial charge is 2.00 e. The van der Waals surface area contributed by atoms with Gasteiger partial charge in [0.15, 0.2) is 0 Å². The second-order valence-electron chi connectivity index (χ2n) is 28.0. The van der Waals surface area contributed by atoms with Crippen LogP contribution in [0, 0.1) is 0 Å². The number of benzene rings is 8. The Morgan fingerprint density at radius 3 is 0.886 bits per heavy atom. The summed E-state index contributed by atoms with van der Waals surface area (Å²) >= 11 is 0. The molecule has 17 rings (SSSR count). The molecule has 4 saturated heterocycles. The molecular formula is C68H40B24N8O4Zn. The normalized spacial score (nSPS) is 21.9. The van der Waals surface area contributed by atoms with Gasteiger partial charge in [0.25, 0.3) is 0 Å². The van der Waals surface area contributed by atoms with E-state index in [2.05, 4.69) is 0 Å². The molecule has 6 aliphatic heterocycles.